The van der Waals surface area contributed by atoms with Crippen molar-refractivity contribution >= 4 is 24.0 Å². The van der Waals surface area contributed by atoms with Gasteiger partial charge in [0, 0.05) is 42.8 Å². The molecule has 0 amide bonds. The van der Waals surface area contributed by atoms with Gasteiger partial charge in [0.25, 0.3) is 0 Å². The molecule has 1 atom stereocenters. The SMILES string of the molecule is CN1CCN(C2CCc3nn(-c4ccc(Cl)cc4)c(O)c3C2)CC1.Cl. The number of hydrogen-bond donors (Lipinski definition) is 1. The highest BCUT2D eigenvalue weighted by molar-refractivity contribution is 6.30. The number of piperazine rings is 1. The van der Waals surface area contributed by atoms with Crippen molar-refractivity contribution in [1.82, 2.24) is 19.6 Å². The molecule has 25 heavy (non-hydrogen) atoms. The fraction of sp³-hybridized carbons (Fsp3) is 0.500. The van der Waals surface area contributed by atoms with Gasteiger partial charge in [0.05, 0.1) is 11.4 Å². The first-order valence-corrected chi connectivity index (χ1v) is 8.98. The molecule has 0 radical (unpaired) electrons. The highest BCUT2D eigenvalue weighted by Gasteiger charge is 2.31. The van der Waals surface area contributed by atoms with Crippen LogP contribution in [0.1, 0.15) is 17.7 Å². The molecule has 1 unspecified atom stereocenters. The van der Waals surface area contributed by atoms with Crippen LogP contribution in [-0.2, 0) is 12.8 Å². The smallest absolute Gasteiger partial charge is 0.217 e. The van der Waals surface area contributed by atoms with Crippen LogP contribution >= 0.6 is 24.0 Å². The van der Waals surface area contributed by atoms with Crippen molar-refractivity contribution in [2.24, 2.45) is 0 Å². The molecule has 2 aromatic rings. The van der Waals surface area contributed by atoms with Crippen molar-refractivity contribution in [3.8, 4) is 11.6 Å². The van der Waals surface area contributed by atoms with Crippen molar-refractivity contribution in [3.63, 3.8) is 0 Å². The number of fused-ring (bicyclic) bond motifs is 1. The summed E-state index contributed by atoms with van der Waals surface area (Å²) in [5, 5.41) is 16.0. The van der Waals surface area contributed by atoms with E-state index in [2.05, 4.69) is 21.9 Å². The average molecular weight is 383 g/mol. The second kappa shape index (κ2) is 7.54. The van der Waals surface area contributed by atoms with Crippen LogP contribution in [0.2, 0.25) is 5.02 Å². The molecule has 7 heteroatoms. The monoisotopic (exact) mass is 382 g/mol. The molecule has 1 N–H and O–H groups in total. The number of rotatable bonds is 2. The van der Waals surface area contributed by atoms with Crippen molar-refractivity contribution < 1.29 is 5.11 Å². The molecular formula is C18H24Cl2N4O. The van der Waals surface area contributed by atoms with E-state index in [1.165, 1.54) is 0 Å². The summed E-state index contributed by atoms with van der Waals surface area (Å²) < 4.78 is 1.65. The second-order valence-electron chi connectivity index (χ2n) is 6.87. The zero-order valence-electron chi connectivity index (χ0n) is 14.4. The molecule has 0 saturated carbocycles. The van der Waals surface area contributed by atoms with Crippen LogP contribution in [0.25, 0.3) is 5.69 Å². The number of benzene rings is 1. The van der Waals surface area contributed by atoms with Crippen LogP contribution in [0.3, 0.4) is 0 Å². The Labute approximate surface area is 159 Å². The molecule has 2 aliphatic rings. The summed E-state index contributed by atoms with van der Waals surface area (Å²) in [6.45, 7) is 4.48. The normalized spacial score (nSPS) is 21.6. The zero-order chi connectivity index (χ0) is 16.7. The maximum atomic E-state index is 10.7. The third kappa shape index (κ3) is 3.65. The van der Waals surface area contributed by atoms with Gasteiger partial charge in [-0.05, 0) is 50.6 Å². The van der Waals surface area contributed by atoms with E-state index in [-0.39, 0.29) is 18.3 Å². The Balaban J connectivity index is 0.00000182. The third-order valence-corrected chi connectivity index (χ3v) is 5.57. The molecule has 1 aromatic heterocycles. The Kier molecular flexibility index (Phi) is 5.58. The van der Waals surface area contributed by atoms with E-state index in [9.17, 15) is 5.11 Å². The average Bonchev–Trinajstić information content (AvgIpc) is 2.93. The maximum Gasteiger partial charge on any atom is 0.217 e. The van der Waals surface area contributed by atoms with Crippen LogP contribution in [0, 0.1) is 0 Å². The summed E-state index contributed by atoms with van der Waals surface area (Å²) in [6.07, 6.45) is 2.94. The van der Waals surface area contributed by atoms with E-state index in [4.69, 9.17) is 11.6 Å². The van der Waals surface area contributed by atoms with Gasteiger partial charge in [-0.3, -0.25) is 4.90 Å². The lowest BCUT2D eigenvalue weighted by Crippen LogP contribution is -2.50. The van der Waals surface area contributed by atoms with Crippen LogP contribution in [0.5, 0.6) is 5.88 Å². The maximum absolute atomic E-state index is 10.7. The quantitative estimate of drug-likeness (QED) is 0.866. The number of halogens is 2. The first-order valence-electron chi connectivity index (χ1n) is 8.60. The first-order chi connectivity index (χ1) is 11.6. The van der Waals surface area contributed by atoms with E-state index in [0.717, 1.165) is 62.4 Å². The van der Waals surface area contributed by atoms with E-state index in [1.807, 2.05) is 24.3 Å². The van der Waals surface area contributed by atoms with Crippen molar-refractivity contribution in [2.75, 3.05) is 33.2 Å². The summed E-state index contributed by atoms with van der Waals surface area (Å²) in [5.41, 5.74) is 2.90. The number of likely N-dealkylation sites (N-methyl/N-ethyl adjacent to an activating group) is 1. The summed E-state index contributed by atoms with van der Waals surface area (Å²) in [7, 11) is 2.18. The van der Waals surface area contributed by atoms with Gasteiger partial charge in [0.1, 0.15) is 0 Å². The van der Waals surface area contributed by atoms with Crippen molar-refractivity contribution in [3.05, 3.63) is 40.5 Å². The van der Waals surface area contributed by atoms with Gasteiger partial charge in [-0.2, -0.15) is 5.10 Å². The summed E-state index contributed by atoms with van der Waals surface area (Å²) in [4.78, 5) is 4.95. The van der Waals surface area contributed by atoms with E-state index in [1.54, 1.807) is 4.68 Å². The van der Waals surface area contributed by atoms with Crippen molar-refractivity contribution in [2.45, 2.75) is 25.3 Å². The summed E-state index contributed by atoms with van der Waals surface area (Å²) in [5.74, 6) is 0.283. The fourth-order valence-corrected chi connectivity index (χ4v) is 3.92. The van der Waals surface area contributed by atoms with Gasteiger partial charge in [0.15, 0.2) is 0 Å². The molecule has 1 aliphatic carbocycles. The summed E-state index contributed by atoms with van der Waals surface area (Å²) >= 11 is 5.95. The van der Waals surface area contributed by atoms with Crippen LogP contribution in [-0.4, -0.2) is 64.0 Å². The molecule has 0 spiro atoms. The molecule has 1 aromatic carbocycles. The van der Waals surface area contributed by atoms with Crippen LogP contribution in [0.15, 0.2) is 24.3 Å². The molecule has 1 saturated heterocycles. The number of aryl methyl sites for hydroxylation is 1. The number of nitrogens with zero attached hydrogens (tertiary/aromatic N) is 4. The van der Waals surface area contributed by atoms with E-state index in [0.29, 0.717) is 11.1 Å². The Morgan fingerprint density at radius 3 is 2.48 bits per heavy atom. The predicted molar refractivity (Wildman–Crippen MR) is 102 cm³/mol. The van der Waals surface area contributed by atoms with Gasteiger partial charge in [-0.15, -0.1) is 12.4 Å². The number of aromatic nitrogens is 2. The largest absolute Gasteiger partial charge is 0.493 e. The third-order valence-electron chi connectivity index (χ3n) is 5.32. The Morgan fingerprint density at radius 1 is 1.12 bits per heavy atom. The topological polar surface area (TPSA) is 44.5 Å². The number of hydrogen-bond acceptors (Lipinski definition) is 4. The van der Waals surface area contributed by atoms with Gasteiger partial charge in [-0.25, -0.2) is 4.68 Å². The van der Waals surface area contributed by atoms with Crippen LogP contribution in [0.4, 0.5) is 0 Å². The fourth-order valence-electron chi connectivity index (χ4n) is 3.80. The molecule has 136 valence electrons. The van der Waals surface area contributed by atoms with E-state index >= 15 is 0 Å². The van der Waals surface area contributed by atoms with Crippen LogP contribution < -0.4 is 0 Å². The molecular weight excluding hydrogens is 359 g/mol. The lowest BCUT2D eigenvalue weighted by atomic mass is 9.91. The minimum Gasteiger partial charge on any atom is -0.493 e. The minimum absolute atomic E-state index is 0. The van der Waals surface area contributed by atoms with Gasteiger partial charge in [-0.1, -0.05) is 11.6 Å². The second-order valence-corrected chi connectivity index (χ2v) is 7.31. The highest BCUT2D eigenvalue weighted by Crippen LogP contribution is 2.33. The minimum atomic E-state index is 0. The molecule has 4 rings (SSSR count). The molecule has 5 nitrogen and oxygen atoms in total. The van der Waals surface area contributed by atoms with Crippen molar-refractivity contribution in [1.29, 1.82) is 0 Å². The Hall–Kier alpha value is -1.27. The zero-order valence-corrected chi connectivity index (χ0v) is 15.9. The molecule has 2 heterocycles. The lowest BCUT2D eigenvalue weighted by molar-refractivity contribution is 0.103. The predicted octanol–water partition coefficient (Wildman–Crippen LogP) is 2.76. The number of aromatic hydroxyl groups is 1. The van der Waals surface area contributed by atoms with Gasteiger partial charge < -0.3 is 10.0 Å². The Morgan fingerprint density at radius 2 is 1.80 bits per heavy atom. The lowest BCUT2D eigenvalue weighted by Gasteiger charge is -2.39. The molecule has 1 aliphatic heterocycles. The van der Waals surface area contributed by atoms with Gasteiger partial charge >= 0.3 is 0 Å². The van der Waals surface area contributed by atoms with Gasteiger partial charge in [0.2, 0.25) is 5.88 Å². The first kappa shape index (κ1) is 18.5. The highest BCUT2D eigenvalue weighted by atomic mass is 35.5. The molecule has 1 fully saturated rings. The Bertz CT molecular complexity index is 723. The molecule has 0 bridgehead atoms. The van der Waals surface area contributed by atoms with E-state index < -0.39 is 0 Å². The standard InChI is InChI=1S/C18H23ClN4O.ClH/c1-21-8-10-22(11-9-21)15-6-7-17-16(12-15)18(24)23(20-17)14-4-2-13(19)3-5-14;/h2-5,15,24H,6-12H2,1H3;1H. The summed E-state index contributed by atoms with van der Waals surface area (Å²) in [6, 6.07) is 7.94.